The average Bonchev–Trinajstić information content (AvgIpc) is 2.81. The zero-order valence-electron chi connectivity index (χ0n) is 8.90. The number of nitrogens with zero attached hydrogens (tertiary/aromatic N) is 2. The van der Waals surface area contributed by atoms with Crippen LogP contribution in [0.1, 0.15) is 16.9 Å². The van der Waals surface area contributed by atoms with Crippen LogP contribution in [0.4, 0.5) is 0 Å². The summed E-state index contributed by atoms with van der Waals surface area (Å²) in [6, 6.07) is 0. The minimum atomic E-state index is 0.0786. The van der Waals surface area contributed by atoms with Crippen LogP contribution < -0.4 is 5.56 Å². The van der Waals surface area contributed by atoms with E-state index in [2.05, 4.69) is 4.98 Å². The van der Waals surface area contributed by atoms with Gasteiger partial charge in [0.15, 0.2) is 0 Å². The molecule has 1 aliphatic carbocycles. The Morgan fingerprint density at radius 2 is 2.38 bits per heavy atom. The van der Waals surface area contributed by atoms with Gasteiger partial charge in [-0.1, -0.05) is 6.32 Å². The monoisotopic (exact) mass is 230 g/mol. The molecule has 0 fully saturated rings. The lowest BCUT2D eigenvalue weighted by atomic mass is 10.1. The third kappa shape index (κ3) is 1.34. The van der Waals surface area contributed by atoms with E-state index in [1.54, 1.807) is 22.2 Å². The van der Waals surface area contributed by atoms with Gasteiger partial charge in [-0.25, -0.2) is 4.98 Å². The summed E-state index contributed by atoms with van der Waals surface area (Å²) in [4.78, 5) is 18.8. The number of fused-ring (bicyclic) bond motifs is 3. The molecule has 5 heteroatoms. The van der Waals surface area contributed by atoms with Gasteiger partial charge in [0.1, 0.15) is 4.83 Å². The number of aromatic nitrogens is 2. The quantitative estimate of drug-likeness (QED) is 0.733. The Bertz CT molecular complexity index is 602. The van der Waals surface area contributed by atoms with E-state index in [0.29, 0.717) is 12.9 Å². The summed E-state index contributed by atoms with van der Waals surface area (Å²) in [5.41, 5.74) is 1.32. The number of hydrogen-bond acceptors (Lipinski definition) is 3. The summed E-state index contributed by atoms with van der Waals surface area (Å²) in [6.07, 6.45) is 5.39. The van der Waals surface area contributed by atoms with Gasteiger partial charge in [0.25, 0.3) is 5.56 Å². The molecule has 0 N–H and O–H groups in total. The van der Waals surface area contributed by atoms with Crippen molar-refractivity contribution < 1.29 is 0 Å². The Hall–Kier alpha value is -1.10. The SMILES string of the molecule is [B]CCn1cnc2sc3c(c2c1=O)CCC3. The first-order valence-corrected chi connectivity index (χ1v) is 6.32. The Labute approximate surface area is 98.5 Å². The molecule has 0 amide bonds. The zero-order chi connectivity index (χ0) is 11.1. The summed E-state index contributed by atoms with van der Waals surface area (Å²) < 4.78 is 1.62. The third-order valence-corrected chi connectivity index (χ3v) is 4.26. The Balaban J connectivity index is 2.30. The smallest absolute Gasteiger partial charge is 0.262 e. The first-order valence-electron chi connectivity index (χ1n) is 5.51. The van der Waals surface area contributed by atoms with Crippen molar-refractivity contribution in [3.63, 3.8) is 0 Å². The molecule has 2 aromatic heterocycles. The largest absolute Gasteiger partial charge is 0.299 e. The molecular formula is C11H11BN2OS. The van der Waals surface area contributed by atoms with E-state index in [0.717, 1.165) is 23.1 Å². The van der Waals surface area contributed by atoms with Crippen molar-refractivity contribution in [1.82, 2.24) is 9.55 Å². The highest BCUT2D eigenvalue weighted by Crippen LogP contribution is 2.34. The van der Waals surface area contributed by atoms with Crippen LogP contribution in [0.5, 0.6) is 0 Å². The highest BCUT2D eigenvalue weighted by atomic mass is 32.1. The van der Waals surface area contributed by atoms with Crippen molar-refractivity contribution in [2.24, 2.45) is 0 Å². The standard InChI is InChI=1S/C11H11BN2OS/c12-4-5-14-6-13-10-9(11(14)15)7-2-1-3-8(7)16-10/h6H,1-5H2. The molecule has 2 heterocycles. The van der Waals surface area contributed by atoms with Crippen LogP contribution in [0.2, 0.25) is 6.32 Å². The molecule has 0 aliphatic heterocycles. The summed E-state index contributed by atoms with van der Waals surface area (Å²) in [6.45, 7) is 0.548. The molecule has 3 nitrogen and oxygen atoms in total. The molecule has 80 valence electrons. The maximum Gasteiger partial charge on any atom is 0.262 e. The van der Waals surface area contributed by atoms with Gasteiger partial charge in [-0.3, -0.25) is 9.36 Å². The molecule has 0 unspecified atom stereocenters. The fourth-order valence-corrected chi connectivity index (χ4v) is 3.54. The third-order valence-electron chi connectivity index (χ3n) is 3.06. The summed E-state index contributed by atoms with van der Waals surface area (Å²) in [5, 5.41) is 0.841. The van der Waals surface area contributed by atoms with Gasteiger partial charge >= 0.3 is 0 Å². The normalized spacial score (nSPS) is 14.5. The maximum atomic E-state index is 12.2. The molecule has 0 atom stereocenters. The van der Waals surface area contributed by atoms with Crippen molar-refractivity contribution in [2.45, 2.75) is 32.1 Å². The first kappa shape index (κ1) is 10.1. The van der Waals surface area contributed by atoms with Gasteiger partial charge in [-0.05, 0) is 24.8 Å². The minimum Gasteiger partial charge on any atom is -0.299 e. The summed E-state index contributed by atoms with van der Waals surface area (Å²) in [7, 11) is 5.48. The lowest BCUT2D eigenvalue weighted by Crippen LogP contribution is -2.20. The van der Waals surface area contributed by atoms with Gasteiger partial charge < -0.3 is 0 Å². The zero-order valence-corrected chi connectivity index (χ0v) is 9.72. The topological polar surface area (TPSA) is 34.9 Å². The first-order chi connectivity index (χ1) is 7.81. The Kier molecular flexibility index (Phi) is 2.35. The number of thiophene rings is 1. The predicted octanol–water partition coefficient (Wildman–Crippen LogP) is 1.53. The number of rotatable bonds is 2. The van der Waals surface area contributed by atoms with Crippen molar-refractivity contribution >= 4 is 29.4 Å². The second-order valence-electron chi connectivity index (χ2n) is 4.07. The van der Waals surface area contributed by atoms with E-state index in [1.165, 1.54) is 16.9 Å². The van der Waals surface area contributed by atoms with Gasteiger partial charge in [-0.2, -0.15) is 0 Å². The van der Waals surface area contributed by atoms with Gasteiger partial charge in [0.2, 0.25) is 0 Å². The molecule has 0 aromatic carbocycles. The van der Waals surface area contributed by atoms with E-state index >= 15 is 0 Å². The van der Waals surface area contributed by atoms with Gasteiger partial charge in [0, 0.05) is 11.4 Å². The maximum absolute atomic E-state index is 12.2. The van der Waals surface area contributed by atoms with E-state index in [1.807, 2.05) is 0 Å². The van der Waals surface area contributed by atoms with E-state index < -0.39 is 0 Å². The van der Waals surface area contributed by atoms with E-state index in [9.17, 15) is 4.79 Å². The van der Waals surface area contributed by atoms with Gasteiger partial charge in [0.05, 0.1) is 19.6 Å². The van der Waals surface area contributed by atoms with Crippen LogP contribution >= 0.6 is 11.3 Å². The molecule has 2 aromatic rings. The minimum absolute atomic E-state index is 0.0786. The fraction of sp³-hybridized carbons (Fsp3) is 0.455. The highest BCUT2D eigenvalue weighted by Gasteiger charge is 2.20. The molecule has 0 spiro atoms. The second kappa shape index (κ2) is 3.73. The second-order valence-corrected chi connectivity index (χ2v) is 5.15. The summed E-state index contributed by atoms with van der Waals surface area (Å²) in [5.74, 6) is 0. The van der Waals surface area contributed by atoms with Crippen molar-refractivity contribution in [2.75, 3.05) is 0 Å². The average molecular weight is 230 g/mol. The number of aryl methyl sites for hydroxylation is 3. The lowest BCUT2D eigenvalue weighted by Gasteiger charge is -2.02. The van der Waals surface area contributed by atoms with Crippen molar-refractivity contribution in [3.05, 3.63) is 27.1 Å². The molecule has 1 aliphatic rings. The van der Waals surface area contributed by atoms with Crippen LogP contribution in [0.15, 0.2) is 11.1 Å². The Morgan fingerprint density at radius 1 is 1.50 bits per heavy atom. The fourth-order valence-electron chi connectivity index (χ4n) is 2.32. The molecule has 0 bridgehead atoms. The number of hydrogen-bond donors (Lipinski definition) is 0. The van der Waals surface area contributed by atoms with E-state index in [-0.39, 0.29) is 5.56 Å². The molecular weight excluding hydrogens is 219 g/mol. The Morgan fingerprint density at radius 3 is 3.19 bits per heavy atom. The van der Waals surface area contributed by atoms with Crippen LogP contribution in [0.25, 0.3) is 10.2 Å². The van der Waals surface area contributed by atoms with Crippen LogP contribution in [0.3, 0.4) is 0 Å². The molecule has 0 saturated heterocycles. The van der Waals surface area contributed by atoms with E-state index in [4.69, 9.17) is 7.85 Å². The predicted molar refractivity (Wildman–Crippen MR) is 66.5 cm³/mol. The lowest BCUT2D eigenvalue weighted by molar-refractivity contribution is 0.717. The van der Waals surface area contributed by atoms with Crippen LogP contribution in [-0.4, -0.2) is 17.4 Å². The van der Waals surface area contributed by atoms with Crippen LogP contribution in [0, 0.1) is 0 Å². The van der Waals surface area contributed by atoms with Crippen LogP contribution in [-0.2, 0) is 19.4 Å². The molecule has 16 heavy (non-hydrogen) atoms. The molecule has 2 radical (unpaired) electrons. The molecule has 3 rings (SSSR count). The molecule has 0 saturated carbocycles. The highest BCUT2D eigenvalue weighted by molar-refractivity contribution is 7.18. The summed E-state index contributed by atoms with van der Waals surface area (Å²) >= 11 is 1.67. The van der Waals surface area contributed by atoms with Crippen molar-refractivity contribution in [1.29, 1.82) is 0 Å². The van der Waals surface area contributed by atoms with Crippen molar-refractivity contribution in [3.8, 4) is 0 Å². The van der Waals surface area contributed by atoms with Gasteiger partial charge in [-0.15, -0.1) is 11.3 Å².